The topological polar surface area (TPSA) is 113 Å². The lowest BCUT2D eigenvalue weighted by atomic mass is 10.2. The smallest absolute Gasteiger partial charge is 0.357 e. The standard InChI is InChI=1S/C31H42N6O5S2Si/c1-21-17-26(36(29-32-23(19-43-29)28(38)39-4)14-10-11-22-18-41-31(2,3)42-22)34-35-27(21)33-30-37(20-40-15-16-45(5,6)7)24-12-8-9-13-25(24)44-30/h8-9,12-13,17,19,22H,10-11,14-16,18,20H2,1-7H3/b33-30-. The van der Waals surface area contributed by atoms with Gasteiger partial charge < -0.3 is 23.8 Å². The van der Waals surface area contributed by atoms with Gasteiger partial charge in [0, 0.05) is 26.6 Å². The molecule has 242 valence electrons. The van der Waals surface area contributed by atoms with Gasteiger partial charge >= 0.3 is 5.97 Å². The van der Waals surface area contributed by atoms with E-state index in [9.17, 15) is 4.79 Å². The van der Waals surface area contributed by atoms with Crippen molar-refractivity contribution in [3.63, 3.8) is 0 Å². The number of thiazole rings is 2. The summed E-state index contributed by atoms with van der Waals surface area (Å²) in [6, 6.07) is 11.3. The number of anilines is 2. The molecule has 4 heterocycles. The minimum absolute atomic E-state index is 0.0188. The average Bonchev–Trinajstić information content (AvgIpc) is 3.70. The summed E-state index contributed by atoms with van der Waals surface area (Å²) >= 11 is 2.96. The van der Waals surface area contributed by atoms with Crippen molar-refractivity contribution in [2.24, 2.45) is 4.99 Å². The van der Waals surface area contributed by atoms with Crippen molar-refractivity contribution in [1.29, 1.82) is 0 Å². The number of ether oxygens (including phenoxy) is 4. The molecule has 0 saturated carbocycles. The monoisotopic (exact) mass is 670 g/mol. The third kappa shape index (κ3) is 8.63. The summed E-state index contributed by atoms with van der Waals surface area (Å²) in [4.78, 5) is 24.4. The molecule has 1 aliphatic heterocycles. The SMILES string of the molecule is COC(=O)c1csc(N(CCCC2COC(C)(C)O2)c2cc(C)c(/N=c3\sc4ccccc4n3COCC[Si](C)(C)C)nn2)n1. The second kappa shape index (κ2) is 14.2. The Bertz CT molecular complexity index is 1700. The van der Waals surface area contributed by atoms with Crippen molar-refractivity contribution in [3.8, 4) is 0 Å². The second-order valence-electron chi connectivity index (χ2n) is 12.7. The predicted molar refractivity (Wildman–Crippen MR) is 181 cm³/mol. The van der Waals surface area contributed by atoms with Crippen LogP contribution in [0.4, 0.5) is 16.8 Å². The number of fused-ring (bicyclic) bond motifs is 1. The van der Waals surface area contributed by atoms with Crippen LogP contribution in [0, 0.1) is 6.92 Å². The number of aryl methyl sites for hydroxylation is 1. The number of rotatable bonds is 13. The molecule has 1 fully saturated rings. The molecular weight excluding hydrogens is 629 g/mol. The number of para-hydroxylation sites is 1. The Morgan fingerprint density at radius 2 is 2.04 bits per heavy atom. The zero-order valence-electron chi connectivity index (χ0n) is 27.0. The Balaban J connectivity index is 1.41. The van der Waals surface area contributed by atoms with Crippen LogP contribution in [0.25, 0.3) is 10.2 Å². The summed E-state index contributed by atoms with van der Waals surface area (Å²) in [5, 5.41) is 11.5. The Morgan fingerprint density at radius 3 is 2.76 bits per heavy atom. The minimum atomic E-state index is -1.20. The summed E-state index contributed by atoms with van der Waals surface area (Å²) in [7, 11) is 0.150. The fourth-order valence-corrected chi connectivity index (χ4v) is 7.45. The molecule has 5 rings (SSSR count). The van der Waals surface area contributed by atoms with Crippen molar-refractivity contribution in [2.75, 3.05) is 31.8 Å². The molecule has 0 amide bonds. The first kappa shape index (κ1) is 33.4. The molecule has 1 atom stereocenters. The first-order chi connectivity index (χ1) is 21.4. The van der Waals surface area contributed by atoms with Crippen molar-refractivity contribution in [3.05, 3.63) is 51.8 Å². The lowest BCUT2D eigenvalue weighted by Gasteiger charge is -2.22. The highest BCUT2D eigenvalue weighted by atomic mass is 32.1. The molecule has 1 saturated heterocycles. The second-order valence-corrected chi connectivity index (χ2v) is 20.2. The Labute approximate surface area is 272 Å². The van der Waals surface area contributed by atoms with E-state index in [1.165, 1.54) is 18.4 Å². The quantitative estimate of drug-likeness (QED) is 0.0876. The number of hydrogen-bond acceptors (Lipinski definition) is 12. The lowest BCUT2D eigenvalue weighted by molar-refractivity contribution is -0.138. The molecule has 0 bridgehead atoms. The molecule has 1 aliphatic rings. The van der Waals surface area contributed by atoms with Crippen molar-refractivity contribution < 1.29 is 23.7 Å². The normalized spacial score (nSPS) is 16.9. The van der Waals surface area contributed by atoms with Crippen LogP contribution in [0.1, 0.15) is 42.7 Å². The predicted octanol–water partition coefficient (Wildman–Crippen LogP) is 6.66. The van der Waals surface area contributed by atoms with Gasteiger partial charge in [-0.25, -0.2) is 9.78 Å². The fraction of sp³-hybridized carbons (Fsp3) is 0.516. The molecule has 4 aromatic rings. The fourth-order valence-electron chi connectivity index (χ4n) is 4.84. The van der Waals surface area contributed by atoms with E-state index >= 15 is 0 Å². The van der Waals surface area contributed by atoms with E-state index in [1.54, 1.807) is 16.7 Å². The van der Waals surface area contributed by atoms with E-state index in [2.05, 4.69) is 51.5 Å². The van der Waals surface area contributed by atoms with Crippen LogP contribution in [0.5, 0.6) is 0 Å². The summed E-state index contributed by atoms with van der Waals surface area (Å²) in [6.45, 7) is 15.2. The van der Waals surface area contributed by atoms with Gasteiger partial charge in [0.2, 0.25) is 0 Å². The molecule has 0 aliphatic carbocycles. The van der Waals surface area contributed by atoms with Crippen LogP contribution in [-0.4, -0.2) is 72.6 Å². The van der Waals surface area contributed by atoms with Crippen LogP contribution in [0.3, 0.4) is 0 Å². The first-order valence-corrected chi connectivity index (χ1v) is 20.5. The van der Waals surface area contributed by atoms with Crippen LogP contribution >= 0.6 is 22.7 Å². The van der Waals surface area contributed by atoms with Gasteiger partial charge in [0.15, 0.2) is 33.0 Å². The summed E-state index contributed by atoms with van der Waals surface area (Å²) in [6.07, 6.45) is 1.62. The highest BCUT2D eigenvalue weighted by molar-refractivity contribution is 7.16. The van der Waals surface area contributed by atoms with Crippen LogP contribution in [-0.2, 0) is 25.7 Å². The van der Waals surface area contributed by atoms with E-state index < -0.39 is 19.8 Å². The maximum absolute atomic E-state index is 12.2. The molecule has 0 spiro atoms. The van der Waals surface area contributed by atoms with Crippen molar-refractivity contribution >= 4 is 63.7 Å². The Hall–Kier alpha value is -3.01. The Morgan fingerprint density at radius 1 is 1.24 bits per heavy atom. The molecule has 11 nitrogen and oxygen atoms in total. The van der Waals surface area contributed by atoms with Crippen molar-refractivity contribution in [1.82, 2.24) is 19.7 Å². The number of carbonyl (C=O) groups is 1. The van der Waals surface area contributed by atoms with E-state index in [4.69, 9.17) is 23.9 Å². The maximum atomic E-state index is 12.2. The lowest BCUT2D eigenvalue weighted by Crippen LogP contribution is -2.24. The molecule has 3 aromatic heterocycles. The molecule has 14 heteroatoms. The van der Waals surface area contributed by atoms with Gasteiger partial charge in [-0.3, -0.25) is 4.57 Å². The van der Waals surface area contributed by atoms with Gasteiger partial charge in [-0.1, -0.05) is 43.1 Å². The molecule has 0 N–H and O–H groups in total. The summed E-state index contributed by atoms with van der Waals surface area (Å²) in [5.74, 6) is 0.117. The molecule has 45 heavy (non-hydrogen) atoms. The highest BCUT2D eigenvalue weighted by Crippen LogP contribution is 2.31. The van der Waals surface area contributed by atoms with Crippen LogP contribution in [0.2, 0.25) is 25.7 Å². The number of benzene rings is 1. The van der Waals surface area contributed by atoms with Gasteiger partial charge in [0.1, 0.15) is 6.73 Å². The summed E-state index contributed by atoms with van der Waals surface area (Å²) < 4.78 is 26.0. The zero-order chi connectivity index (χ0) is 32.2. The number of hydrogen-bond donors (Lipinski definition) is 0. The van der Waals surface area contributed by atoms with E-state index in [-0.39, 0.29) is 11.8 Å². The number of methoxy groups -OCH3 is 1. The third-order valence-electron chi connectivity index (χ3n) is 7.32. The van der Waals surface area contributed by atoms with Gasteiger partial charge in [0.05, 0.1) is 30.0 Å². The molecular formula is C31H42N6O5S2Si. The van der Waals surface area contributed by atoms with E-state index in [0.717, 1.165) is 46.1 Å². The third-order valence-corrected chi connectivity index (χ3v) is 10.9. The van der Waals surface area contributed by atoms with Gasteiger partial charge in [-0.15, -0.1) is 21.5 Å². The zero-order valence-corrected chi connectivity index (χ0v) is 29.7. The molecule has 0 radical (unpaired) electrons. The van der Waals surface area contributed by atoms with E-state index in [1.807, 2.05) is 43.9 Å². The molecule has 1 aromatic carbocycles. The Kier molecular flexibility index (Phi) is 10.5. The average molecular weight is 671 g/mol. The van der Waals surface area contributed by atoms with Gasteiger partial charge in [-0.05, 0) is 63.4 Å². The largest absolute Gasteiger partial charge is 0.464 e. The van der Waals surface area contributed by atoms with Crippen molar-refractivity contribution in [2.45, 2.75) is 77.9 Å². The first-order valence-electron chi connectivity index (χ1n) is 15.1. The van der Waals surface area contributed by atoms with E-state index in [0.29, 0.717) is 36.6 Å². The number of esters is 1. The summed E-state index contributed by atoms with van der Waals surface area (Å²) in [5.41, 5.74) is 2.20. The van der Waals surface area contributed by atoms with Gasteiger partial charge in [-0.2, -0.15) is 4.99 Å². The van der Waals surface area contributed by atoms with Gasteiger partial charge in [0.25, 0.3) is 0 Å². The highest BCUT2D eigenvalue weighted by Gasteiger charge is 2.32. The molecule has 1 unspecified atom stereocenters. The van der Waals surface area contributed by atoms with Crippen LogP contribution < -0.4 is 9.70 Å². The maximum Gasteiger partial charge on any atom is 0.357 e. The van der Waals surface area contributed by atoms with Crippen LogP contribution in [0.15, 0.2) is 40.7 Å². The minimum Gasteiger partial charge on any atom is -0.464 e. The number of nitrogens with zero attached hydrogens (tertiary/aromatic N) is 6. The number of aromatic nitrogens is 4. The number of carbonyl (C=O) groups excluding carboxylic acids is 1.